The van der Waals surface area contributed by atoms with Crippen LogP contribution in [0, 0.1) is 0 Å². The second-order valence-corrected chi connectivity index (χ2v) is 4.64. The molecule has 1 unspecified atom stereocenters. The van der Waals surface area contributed by atoms with Crippen molar-refractivity contribution >= 4 is 22.8 Å². The molecule has 92 valence electrons. The Morgan fingerprint density at radius 2 is 2.39 bits per heavy atom. The third-order valence-electron chi connectivity index (χ3n) is 2.59. The van der Waals surface area contributed by atoms with Crippen LogP contribution in [-0.2, 0) is 0 Å². The molecule has 3 aromatic rings. The summed E-state index contributed by atoms with van der Waals surface area (Å²) in [7, 11) is 0. The Labute approximate surface area is 107 Å². The summed E-state index contributed by atoms with van der Waals surface area (Å²) in [5.74, 6) is 0.763. The zero-order valence-electron chi connectivity index (χ0n) is 9.69. The highest BCUT2D eigenvalue weighted by atomic mass is 32.1. The number of tetrazole rings is 1. The zero-order chi connectivity index (χ0) is 12.4. The average Bonchev–Trinajstić information content (AvgIpc) is 3.06. The largest absolute Gasteiger partial charge is 0.359 e. The summed E-state index contributed by atoms with van der Waals surface area (Å²) in [6.45, 7) is 2.10. The normalized spacial score (nSPS) is 12.7. The molecule has 3 aromatic heterocycles. The van der Waals surface area contributed by atoms with Gasteiger partial charge in [-0.15, -0.1) is 16.4 Å². The predicted molar refractivity (Wildman–Crippen MR) is 67.3 cm³/mol. The summed E-state index contributed by atoms with van der Waals surface area (Å²) < 4.78 is 1.63. The number of nitrogens with zero attached hydrogens (tertiary/aromatic N) is 6. The van der Waals surface area contributed by atoms with Crippen LogP contribution >= 0.6 is 11.3 Å². The monoisotopic (exact) mass is 261 g/mol. The lowest BCUT2D eigenvalue weighted by molar-refractivity contribution is 0.722. The van der Waals surface area contributed by atoms with E-state index in [1.165, 1.54) is 0 Å². The Morgan fingerprint density at radius 3 is 3.17 bits per heavy atom. The Kier molecular flexibility index (Phi) is 2.85. The Morgan fingerprint density at radius 1 is 1.44 bits per heavy atom. The van der Waals surface area contributed by atoms with Crippen molar-refractivity contribution < 1.29 is 0 Å². The van der Waals surface area contributed by atoms with Gasteiger partial charge >= 0.3 is 0 Å². The van der Waals surface area contributed by atoms with Gasteiger partial charge in [0.15, 0.2) is 11.5 Å². The van der Waals surface area contributed by atoms with Crippen molar-refractivity contribution in [2.24, 2.45) is 0 Å². The fourth-order valence-corrected chi connectivity index (χ4v) is 2.47. The molecule has 0 aliphatic carbocycles. The summed E-state index contributed by atoms with van der Waals surface area (Å²) in [6.07, 6.45) is 6.06. The van der Waals surface area contributed by atoms with Gasteiger partial charge in [-0.05, 0) is 16.8 Å². The molecule has 0 radical (unpaired) electrons. The molecular formula is C10H11N7S. The maximum Gasteiger partial charge on any atom is 0.199 e. The highest BCUT2D eigenvalue weighted by molar-refractivity contribution is 7.09. The van der Waals surface area contributed by atoms with E-state index in [-0.39, 0.29) is 6.04 Å². The van der Waals surface area contributed by atoms with Crippen LogP contribution in [0.4, 0.5) is 5.82 Å². The lowest BCUT2D eigenvalue weighted by Crippen LogP contribution is -2.12. The maximum absolute atomic E-state index is 4.33. The van der Waals surface area contributed by atoms with E-state index >= 15 is 0 Å². The first-order valence-corrected chi connectivity index (χ1v) is 6.44. The molecule has 7 nitrogen and oxygen atoms in total. The second kappa shape index (κ2) is 4.65. The Balaban J connectivity index is 1.93. The quantitative estimate of drug-likeness (QED) is 0.767. The van der Waals surface area contributed by atoms with Crippen LogP contribution in [0.1, 0.15) is 24.4 Å². The number of hydrogen-bond donors (Lipinski definition) is 1. The first-order chi connectivity index (χ1) is 8.88. The molecule has 0 aromatic carbocycles. The molecule has 0 fully saturated rings. The van der Waals surface area contributed by atoms with Crippen molar-refractivity contribution in [2.45, 2.75) is 19.4 Å². The van der Waals surface area contributed by atoms with Crippen LogP contribution in [0.15, 0.2) is 24.0 Å². The topological polar surface area (TPSA) is 80.9 Å². The first-order valence-electron chi connectivity index (χ1n) is 5.56. The fraction of sp³-hybridized carbons (Fsp3) is 0.300. The number of nitrogens with one attached hydrogen (secondary N) is 1. The van der Waals surface area contributed by atoms with Gasteiger partial charge in [-0.2, -0.15) is 4.52 Å². The molecule has 18 heavy (non-hydrogen) atoms. The molecule has 0 aliphatic heterocycles. The third kappa shape index (κ3) is 1.90. The molecule has 0 bridgehead atoms. The van der Waals surface area contributed by atoms with Gasteiger partial charge in [0.25, 0.3) is 0 Å². The zero-order valence-corrected chi connectivity index (χ0v) is 10.5. The lowest BCUT2D eigenvalue weighted by Gasteiger charge is -2.15. The molecule has 1 atom stereocenters. The summed E-state index contributed by atoms with van der Waals surface area (Å²) in [5.41, 5.74) is 0.619. The highest BCUT2D eigenvalue weighted by Crippen LogP contribution is 2.23. The minimum Gasteiger partial charge on any atom is -0.359 e. The van der Waals surface area contributed by atoms with Crippen LogP contribution < -0.4 is 5.32 Å². The lowest BCUT2D eigenvalue weighted by atomic mass is 10.2. The van der Waals surface area contributed by atoms with Crippen molar-refractivity contribution in [2.75, 3.05) is 5.32 Å². The number of rotatable bonds is 4. The SMILES string of the molecule is CCC(Nc1cncc2nnnn12)c1nccs1. The fourth-order valence-electron chi connectivity index (χ4n) is 1.70. The molecule has 0 saturated heterocycles. The van der Waals surface area contributed by atoms with E-state index in [0.29, 0.717) is 5.65 Å². The van der Waals surface area contributed by atoms with Gasteiger partial charge in [0.2, 0.25) is 0 Å². The minimum atomic E-state index is 0.140. The van der Waals surface area contributed by atoms with Gasteiger partial charge in [-0.3, -0.25) is 4.98 Å². The standard InChI is InChI=1S/C10H11N7S/c1-2-7(10-12-3-4-18-10)13-8-5-11-6-9-14-15-16-17(8)9/h3-7,13H,2H2,1H3. The minimum absolute atomic E-state index is 0.140. The summed E-state index contributed by atoms with van der Waals surface area (Å²) in [4.78, 5) is 8.44. The van der Waals surface area contributed by atoms with Crippen LogP contribution in [0.2, 0.25) is 0 Å². The van der Waals surface area contributed by atoms with Crippen molar-refractivity contribution in [3.05, 3.63) is 29.0 Å². The van der Waals surface area contributed by atoms with Gasteiger partial charge in [0, 0.05) is 11.6 Å². The average molecular weight is 261 g/mol. The van der Waals surface area contributed by atoms with E-state index < -0.39 is 0 Å². The number of hydrogen-bond acceptors (Lipinski definition) is 7. The van der Waals surface area contributed by atoms with Crippen molar-refractivity contribution in [1.29, 1.82) is 0 Å². The number of aromatic nitrogens is 6. The number of fused-ring (bicyclic) bond motifs is 1. The molecule has 0 saturated carbocycles. The molecular weight excluding hydrogens is 250 g/mol. The van der Waals surface area contributed by atoms with Crippen LogP contribution in [0.5, 0.6) is 0 Å². The number of thiazole rings is 1. The second-order valence-electron chi connectivity index (χ2n) is 3.72. The molecule has 0 amide bonds. The van der Waals surface area contributed by atoms with Gasteiger partial charge in [0.1, 0.15) is 5.01 Å². The molecule has 1 N–H and O–H groups in total. The van der Waals surface area contributed by atoms with Gasteiger partial charge in [-0.25, -0.2) is 4.98 Å². The smallest absolute Gasteiger partial charge is 0.199 e. The van der Waals surface area contributed by atoms with Crippen molar-refractivity contribution in [1.82, 2.24) is 30.0 Å². The number of anilines is 1. The highest BCUT2D eigenvalue weighted by Gasteiger charge is 2.14. The van der Waals surface area contributed by atoms with E-state index in [1.807, 2.05) is 5.38 Å². The van der Waals surface area contributed by atoms with Crippen molar-refractivity contribution in [3.8, 4) is 0 Å². The predicted octanol–water partition coefficient (Wildman–Crippen LogP) is 1.54. The summed E-state index contributed by atoms with van der Waals surface area (Å²) in [6, 6.07) is 0.140. The molecule has 0 aliphatic rings. The molecule has 8 heteroatoms. The summed E-state index contributed by atoms with van der Waals surface area (Å²) in [5, 5.41) is 17.8. The van der Waals surface area contributed by atoms with Gasteiger partial charge in [0.05, 0.1) is 18.4 Å². The third-order valence-corrected chi connectivity index (χ3v) is 3.48. The first kappa shape index (κ1) is 11.0. The molecule has 3 rings (SSSR count). The van der Waals surface area contributed by atoms with E-state index in [1.54, 1.807) is 34.4 Å². The van der Waals surface area contributed by atoms with Gasteiger partial charge < -0.3 is 5.32 Å². The maximum atomic E-state index is 4.33. The van der Waals surface area contributed by atoms with E-state index in [9.17, 15) is 0 Å². The molecule has 0 spiro atoms. The van der Waals surface area contributed by atoms with Crippen LogP contribution in [0.3, 0.4) is 0 Å². The Hall–Kier alpha value is -2.09. The summed E-state index contributed by atoms with van der Waals surface area (Å²) >= 11 is 1.63. The van der Waals surface area contributed by atoms with Gasteiger partial charge in [-0.1, -0.05) is 6.92 Å². The van der Waals surface area contributed by atoms with E-state index in [2.05, 4.69) is 37.7 Å². The van der Waals surface area contributed by atoms with E-state index in [4.69, 9.17) is 0 Å². The van der Waals surface area contributed by atoms with Crippen LogP contribution in [-0.4, -0.2) is 30.0 Å². The molecule has 3 heterocycles. The van der Waals surface area contributed by atoms with Crippen LogP contribution in [0.25, 0.3) is 5.65 Å². The van der Waals surface area contributed by atoms with E-state index in [0.717, 1.165) is 17.2 Å². The Bertz CT molecular complexity index is 633. The van der Waals surface area contributed by atoms with Crippen molar-refractivity contribution in [3.63, 3.8) is 0 Å².